The molecule has 0 spiro atoms. The summed E-state index contributed by atoms with van der Waals surface area (Å²) >= 11 is 0. The number of hydrogen-bond donors (Lipinski definition) is 1. The summed E-state index contributed by atoms with van der Waals surface area (Å²) < 4.78 is 10.3. The van der Waals surface area contributed by atoms with Crippen LogP contribution in [0.3, 0.4) is 0 Å². The summed E-state index contributed by atoms with van der Waals surface area (Å²) in [4.78, 5) is 10.7. The van der Waals surface area contributed by atoms with E-state index in [4.69, 9.17) is 14.9 Å². The summed E-state index contributed by atoms with van der Waals surface area (Å²) in [6.07, 6.45) is 0. The van der Waals surface area contributed by atoms with Crippen LogP contribution in [0.4, 0.5) is 11.7 Å². The normalized spacial score (nSPS) is 11.4. The van der Waals surface area contributed by atoms with Crippen molar-refractivity contribution in [3.05, 3.63) is 39.8 Å². The second-order valence-electron chi connectivity index (χ2n) is 5.51. The highest BCUT2D eigenvalue weighted by molar-refractivity contribution is 5.50. The molecule has 0 saturated heterocycles. The molecule has 2 rings (SSSR count). The molecule has 21 heavy (non-hydrogen) atoms. The number of nitro benzene ring substituents is 1. The van der Waals surface area contributed by atoms with Gasteiger partial charge in [0.15, 0.2) is 12.4 Å². The van der Waals surface area contributed by atoms with Crippen molar-refractivity contribution in [3.8, 4) is 5.75 Å². The molecule has 0 atom stereocenters. The van der Waals surface area contributed by atoms with E-state index in [1.807, 2.05) is 20.8 Å². The smallest absolute Gasteiger partial charge is 0.312 e. The first kappa shape index (κ1) is 14.8. The summed E-state index contributed by atoms with van der Waals surface area (Å²) in [6, 6.07) is 4.80. The lowest BCUT2D eigenvalue weighted by Gasteiger charge is -2.19. The Morgan fingerprint density at radius 2 is 2.10 bits per heavy atom. The second-order valence-corrected chi connectivity index (χ2v) is 5.51. The van der Waals surface area contributed by atoms with Crippen molar-refractivity contribution in [2.45, 2.75) is 32.8 Å². The number of benzene rings is 1. The highest BCUT2D eigenvalue weighted by atomic mass is 16.6. The molecule has 0 bridgehead atoms. The van der Waals surface area contributed by atoms with Crippen LogP contribution in [0, 0.1) is 10.1 Å². The fraction of sp³-hybridized carbons (Fsp3) is 0.385. The van der Waals surface area contributed by atoms with Crippen molar-refractivity contribution in [1.29, 1.82) is 0 Å². The van der Waals surface area contributed by atoms with Gasteiger partial charge in [-0.1, -0.05) is 31.9 Å². The molecule has 8 nitrogen and oxygen atoms in total. The van der Waals surface area contributed by atoms with Crippen molar-refractivity contribution in [3.63, 3.8) is 0 Å². The zero-order chi connectivity index (χ0) is 15.6. The Balaban J connectivity index is 2.24. The zero-order valence-electron chi connectivity index (χ0n) is 12.0. The summed E-state index contributed by atoms with van der Waals surface area (Å²) in [6.45, 7) is 5.86. The van der Waals surface area contributed by atoms with Gasteiger partial charge < -0.3 is 14.9 Å². The van der Waals surface area contributed by atoms with Crippen LogP contribution >= 0.6 is 0 Å². The van der Waals surface area contributed by atoms with Gasteiger partial charge in [-0.15, -0.1) is 5.10 Å². The molecular weight excluding hydrogens is 276 g/mol. The molecule has 0 aliphatic rings. The number of ether oxygens (including phenoxy) is 1. The third-order valence-electron chi connectivity index (χ3n) is 2.86. The monoisotopic (exact) mass is 292 g/mol. The van der Waals surface area contributed by atoms with Crippen LogP contribution in [0.1, 0.15) is 32.2 Å². The minimum atomic E-state index is -0.479. The van der Waals surface area contributed by atoms with Crippen molar-refractivity contribution in [2.24, 2.45) is 0 Å². The van der Waals surface area contributed by atoms with E-state index in [1.54, 1.807) is 12.1 Å². The lowest BCUT2D eigenvalue weighted by molar-refractivity contribution is -0.386. The Bertz CT molecular complexity index is 660. The molecule has 2 N–H and O–H groups in total. The molecular formula is C13H16N4O4. The number of rotatable bonds is 4. The van der Waals surface area contributed by atoms with E-state index >= 15 is 0 Å². The van der Waals surface area contributed by atoms with Crippen LogP contribution in [0.15, 0.2) is 22.6 Å². The summed E-state index contributed by atoms with van der Waals surface area (Å²) in [5.74, 6) is 0.298. The van der Waals surface area contributed by atoms with Gasteiger partial charge in [0, 0.05) is 6.07 Å². The molecule has 1 heterocycles. The molecule has 0 aliphatic heterocycles. The molecule has 0 saturated carbocycles. The Labute approximate surface area is 121 Å². The fourth-order valence-corrected chi connectivity index (χ4v) is 1.71. The van der Waals surface area contributed by atoms with Crippen LogP contribution in [0.5, 0.6) is 5.75 Å². The van der Waals surface area contributed by atoms with Crippen LogP contribution in [-0.2, 0) is 12.0 Å². The maximum Gasteiger partial charge on any atom is 0.312 e. The molecule has 112 valence electrons. The molecule has 2 aromatic rings. The molecule has 8 heteroatoms. The van der Waals surface area contributed by atoms with Crippen molar-refractivity contribution < 1.29 is 14.1 Å². The Hall–Kier alpha value is -2.64. The number of aromatic nitrogens is 2. The number of hydrogen-bond acceptors (Lipinski definition) is 7. The standard InChI is InChI=1S/C13H16N4O4/c1-13(2,3)8-4-5-10(9(6-8)17(18)19)20-7-11-15-16-12(14)21-11/h4-6H,7H2,1-3H3,(H2,14,16). The third kappa shape index (κ3) is 3.47. The van der Waals surface area contributed by atoms with Crippen LogP contribution in [0.25, 0.3) is 0 Å². The Kier molecular flexibility index (Phi) is 3.79. The molecule has 1 aromatic heterocycles. The SMILES string of the molecule is CC(C)(C)c1ccc(OCc2nnc(N)o2)c([N+](=O)[O-])c1. The number of nitro groups is 1. The summed E-state index contributed by atoms with van der Waals surface area (Å²) in [5, 5.41) is 18.3. The highest BCUT2D eigenvalue weighted by Gasteiger charge is 2.22. The zero-order valence-corrected chi connectivity index (χ0v) is 12.0. The maximum atomic E-state index is 11.2. The van der Waals surface area contributed by atoms with E-state index < -0.39 is 4.92 Å². The Morgan fingerprint density at radius 1 is 1.38 bits per heavy atom. The van der Waals surface area contributed by atoms with Gasteiger partial charge >= 0.3 is 11.7 Å². The number of nitrogens with zero attached hydrogens (tertiary/aromatic N) is 3. The van der Waals surface area contributed by atoms with Gasteiger partial charge in [0.05, 0.1) is 4.92 Å². The van der Waals surface area contributed by atoms with E-state index in [2.05, 4.69) is 10.2 Å². The first-order valence-electron chi connectivity index (χ1n) is 6.27. The Morgan fingerprint density at radius 3 is 2.62 bits per heavy atom. The maximum absolute atomic E-state index is 11.2. The van der Waals surface area contributed by atoms with Gasteiger partial charge in [-0.05, 0) is 17.0 Å². The van der Waals surface area contributed by atoms with Gasteiger partial charge in [0.1, 0.15) is 0 Å². The van der Waals surface area contributed by atoms with Crippen LogP contribution in [-0.4, -0.2) is 15.1 Å². The number of nitrogens with two attached hydrogens (primary N) is 1. The van der Waals surface area contributed by atoms with Gasteiger partial charge in [0.2, 0.25) is 0 Å². The molecule has 0 aliphatic carbocycles. The predicted molar refractivity (Wildman–Crippen MR) is 74.8 cm³/mol. The third-order valence-corrected chi connectivity index (χ3v) is 2.86. The van der Waals surface area contributed by atoms with E-state index in [0.717, 1.165) is 5.56 Å². The minimum Gasteiger partial charge on any atom is -0.477 e. The van der Waals surface area contributed by atoms with Crippen LogP contribution < -0.4 is 10.5 Å². The van der Waals surface area contributed by atoms with Gasteiger partial charge in [-0.25, -0.2) is 0 Å². The minimum absolute atomic E-state index is 0.0776. The van der Waals surface area contributed by atoms with Crippen molar-refractivity contribution in [2.75, 3.05) is 5.73 Å². The molecule has 0 fully saturated rings. The van der Waals surface area contributed by atoms with Gasteiger partial charge in [0.25, 0.3) is 5.89 Å². The summed E-state index contributed by atoms with van der Waals surface area (Å²) in [5.41, 5.74) is 5.85. The largest absolute Gasteiger partial charge is 0.477 e. The molecule has 0 amide bonds. The topological polar surface area (TPSA) is 117 Å². The van der Waals surface area contributed by atoms with E-state index in [9.17, 15) is 10.1 Å². The lowest BCUT2D eigenvalue weighted by atomic mass is 9.87. The number of anilines is 1. The van der Waals surface area contributed by atoms with E-state index in [1.165, 1.54) is 6.07 Å². The first-order valence-corrected chi connectivity index (χ1v) is 6.27. The highest BCUT2D eigenvalue weighted by Crippen LogP contribution is 2.33. The van der Waals surface area contributed by atoms with Crippen molar-refractivity contribution in [1.82, 2.24) is 10.2 Å². The quantitative estimate of drug-likeness (QED) is 0.679. The first-order chi connectivity index (χ1) is 9.77. The molecule has 1 aromatic carbocycles. The average Bonchev–Trinajstić information content (AvgIpc) is 2.80. The van der Waals surface area contributed by atoms with E-state index in [0.29, 0.717) is 0 Å². The second kappa shape index (κ2) is 5.39. The van der Waals surface area contributed by atoms with Crippen molar-refractivity contribution >= 4 is 11.7 Å². The molecule has 0 radical (unpaired) electrons. The molecule has 0 unspecified atom stereocenters. The fourth-order valence-electron chi connectivity index (χ4n) is 1.71. The average molecular weight is 292 g/mol. The van der Waals surface area contributed by atoms with Gasteiger partial charge in [-0.3, -0.25) is 10.1 Å². The van der Waals surface area contributed by atoms with E-state index in [-0.39, 0.29) is 35.4 Å². The summed E-state index contributed by atoms with van der Waals surface area (Å²) in [7, 11) is 0. The predicted octanol–water partition coefficient (Wildman–Crippen LogP) is 2.44. The van der Waals surface area contributed by atoms with Crippen LogP contribution in [0.2, 0.25) is 0 Å². The number of nitrogen functional groups attached to an aromatic ring is 1. The lowest BCUT2D eigenvalue weighted by Crippen LogP contribution is -2.11. The van der Waals surface area contributed by atoms with Gasteiger partial charge in [-0.2, -0.15) is 0 Å².